The molecule has 1 heterocycles. The third-order valence-electron chi connectivity index (χ3n) is 5.76. The second kappa shape index (κ2) is 8.88. The van der Waals surface area contributed by atoms with E-state index in [4.69, 9.17) is 4.74 Å². The van der Waals surface area contributed by atoms with Gasteiger partial charge in [-0.3, -0.25) is 4.79 Å². The summed E-state index contributed by atoms with van der Waals surface area (Å²) >= 11 is 0. The molecular weight excluding hydrogens is 400 g/mol. The van der Waals surface area contributed by atoms with Crippen molar-refractivity contribution in [3.8, 4) is 0 Å². The first-order chi connectivity index (χ1) is 14.1. The molecule has 0 unspecified atom stereocenters. The van der Waals surface area contributed by atoms with Crippen LogP contribution in [0.5, 0.6) is 0 Å². The molecule has 3 rings (SSSR count). The summed E-state index contributed by atoms with van der Waals surface area (Å²) in [6.07, 6.45) is 0. The van der Waals surface area contributed by atoms with Gasteiger partial charge in [0.15, 0.2) is 0 Å². The second-order valence-electron chi connectivity index (χ2n) is 7.98. The molecule has 1 aliphatic heterocycles. The quantitative estimate of drug-likeness (QED) is 0.789. The largest absolute Gasteiger partial charge is 0.379 e. The molecule has 0 spiro atoms. The van der Waals surface area contributed by atoms with Crippen molar-refractivity contribution in [2.45, 2.75) is 45.6 Å². The zero-order valence-corrected chi connectivity index (χ0v) is 19.1. The molecule has 0 bridgehead atoms. The average molecular weight is 431 g/mol. The van der Waals surface area contributed by atoms with Gasteiger partial charge < -0.3 is 10.1 Å². The Morgan fingerprint density at radius 2 is 1.60 bits per heavy atom. The van der Waals surface area contributed by atoms with Gasteiger partial charge in [0.1, 0.15) is 0 Å². The van der Waals surface area contributed by atoms with Crippen molar-refractivity contribution < 1.29 is 17.9 Å². The third-order valence-corrected chi connectivity index (χ3v) is 7.65. The first-order valence-electron chi connectivity index (χ1n) is 10.2. The van der Waals surface area contributed by atoms with Crippen LogP contribution in [0.1, 0.15) is 51.1 Å². The number of carbonyl (C=O) groups excluding carboxylic acids is 1. The standard InChI is InChI=1S/C23H30N2O4S/c1-15-6-7-20(30(27,28)25-8-10-29-11-9-25)14-22(15)23(26)24-19(5)21-13-17(3)16(2)12-18(21)4/h6-7,12-14,19H,8-11H2,1-5H3,(H,24,26)/t19-/m0/s1. The number of hydrogen-bond donors (Lipinski definition) is 1. The van der Waals surface area contributed by atoms with E-state index in [9.17, 15) is 13.2 Å². The van der Waals surface area contributed by atoms with Crippen LogP contribution in [0.4, 0.5) is 0 Å². The lowest BCUT2D eigenvalue weighted by Crippen LogP contribution is -2.40. The fourth-order valence-corrected chi connectivity index (χ4v) is 5.18. The van der Waals surface area contributed by atoms with Crippen molar-refractivity contribution in [1.29, 1.82) is 0 Å². The maximum atomic E-state index is 13.0. The molecule has 2 aromatic rings. The highest BCUT2D eigenvalue weighted by molar-refractivity contribution is 7.89. The number of carbonyl (C=O) groups is 1. The summed E-state index contributed by atoms with van der Waals surface area (Å²) in [5, 5.41) is 3.03. The summed E-state index contributed by atoms with van der Waals surface area (Å²) in [4.78, 5) is 13.2. The summed E-state index contributed by atoms with van der Waals surface area (Å²) in [7, 11) is -3.66. The molecule has 0 saturated carbocycles. The van der Waals surface area contributed by atoms with Gasteiger partial charge >= 0.3 is 0 Å². The monoisotopic (exact) mass is 430 g/mol. The van der Waals surface area contributed by atoms with Gasteiger partial charge in [-0.05, 0) is 74.6 Å². The van der Waals surface area contributed by atoms with E-state index >= 15 is 0 Å². The SMILES string of the molecule is Cc1cc(C)c([C@H](C)NC(=O)c2cc(S(=O)(=O)N3CCOCC3)ccc2C)cc1C. The molecule has 0 aromatic heterocycles. The number of benzene rings is 2. The summed E-state index contributed by atoms with van der Waals surface area (Å²) in [6, 6.07) is 8.75. The number of nitrogens with zero attached hydrogens (tertiary/aromatic N) is 1. The van der Waals surface area contributed by atoms with E-state index in [-0.39, 0.29) is 16.8 Å². The minimum absolute atomic E-state index is 0.134. The summed E-state index contributed by atoms with van der Waals surface area (Å²) in [6.45, 7) is 11.3. The molecule has 1 amide bonds. The van der Waals surface area contributed by atoms with E-state index in [1.165, 1.54) is 21.5 Å². The van der Waals surface area contributed by atoms with Gasteiger partial charge in [-0.15, -0.1) is 0 Å². The molecule has 162 valence electrons. The van der Waals surface area contributed by atoms with E-state index in [2.05, 4.69) is 31.3 Å². The highest BCUT2D eigenvalue weighted by Gasteiger charge is 2.27. The Morgan fingerprint density at radius 1 is 0.967 bits per heavy atom. The van der Waals surface area contributed by atoms with Crippen LogP contribution in [0.2, 0.25) is 0 Å². The minimum atomic E-state index is -3.66. The zero-order chi connectivity index (χ0) is 22.1. The van der Waals surface area contributed by atoms with Crippen LogP contribution in [0, 0.1) is 27.7 Å². The number of sulfonamides is 1. The van der Waals surface area contributed by atoms with E-state index < -0.39 is 10.0 Å². The smallest absolute Gasteiger partial charge is 0.252 e. The van der Waals surface area contributed by atoms with Gasteiger partial charge in [0.2, 0.25) is 10.0 Å². The van der Waals surface area contributed by atoms with Crippen molar-refractivity contribution in [2.75, 3.05) is 26.3 Å². The molecule has 7 heteroatoms. The van der Waals surface area contributed by atoms with Crippen molar-refractivity contribution >= 4 is 15.9 Å². The van der Waals surface area contributed by atoms with Crippen LogP contribution in [0.3, 0.4) is 0 Å². The maximum Gasteiger partial charge on any atom is 0.252 e. The Kier molecular flexibility index (Phi) is 6.65. The van der Waals surface area contributed by atoms with Gasteiger partial charge in [0, 0.05) is 18.7 Å². The Morgan fingerprint density at radius 3 is 2.27 bits per heavy atom. The van der Waals surface area contributed by atoms with E-state index in [0.717, 1.165) is 16.7 Å². The van der Waals surface area contributed by atoms with Gasteiger partial charge in [-0.1, -0.05) is 18.2 Å². The zero-order valence-electron chi connectivity index (χ0n) is 18.3. The van der Waals surface area contributed by atoms with Crippen LogP contribution < -0.4 is 5.32 Å². The fraction of sp³-hybridized carbons (Fsp3) is 0.435. The number of amides is 1. The molecule has 30 heavy (non-hydrogen) atoms. The van der Waals surface area contributed by atoms with Crippen molar-refractivity contribution in [3.05, 3.63) is 63.7 Å². The molecule has 2 aromatic carbocycles. The van der Waals surface area contributed by atoms with E-state index in [1.807, 2.05) is 20.8 Å². The van der Waals surface area contributed by atoms with Crippen LogP contribution >= 0.6 is 0 Å². The van der Waals surface area contributed by atoms with Crippen molar-refractivity contribution in [3.63, 3.8) is 0 Å². The lowest BCUT2D eigenvalue weighted by Gasteiger charge is -2.26. The summed E-state index contributed by atoms with van der Waals surface area (Å²) < 4.78 is 32.6. The lowest BCUT2D eigenvalue weighted by molar-refractivity contribution is 0.0730. The first kappa shape index (κ1) is 22.5. The molecular formula is C23H30N2O4S. The van der Waals surface area contributed by atoms with Crippen molar-refractivity contribution in [2.24, 2.45) is 0 Å². The molecule has 1 aliphatic rings. The molecule has 0 aliphatic carbocycles. The Bertz CT molecular complexity index is 1060. The highest BCUT2D eigenvalue weighted by Crippen LogP contribution is 2.24. The van der Waals surface area contributed by atoms with Crippen LogP contribution in [-0.2, 0) is 14.8 Å². The van der Waals surface area contributed by atoms with Gasteiger partial charge in [-0.25, -0.2) is 8.42 Å². The van der Waals surface area contributed by atoms with Crippen LogP contribution in [0.15, 0.2) is 35.2 Å². The minimum Gasteiger partial charge on any atom is -0.379 e. The van der Waals surface area contributed by atoms with E-state index in [1.54, 1.807) is 12.1 Å². The number of morpholine rings is 1. The van der Waals surface area contributed by atoms with Gasteiger partial charge in [0.05, 0.1) is 24.2 Å². The second-order valence-corrected chi connectivity index (χ2v) is 9.92. The van der Waals surface area contributed by atoms with E-state index in [0.29, 0.717) is 31.9 Å². The predicted molar refractivity (Wildman–Crippen MR) is 117 cm³/mol. The average Bonchev–Trinajstić information content (AvgIpc) is 2.71. The maximum absolute atomic E-state index is 13.0. The number of hydrogen-bond acceptors (Lipinski definition) is 4. The van der Waals surface area contributed by atoms with Crippen molar-refractivity contribution in [1.82, 2.24) is 9.62 Å². The normalized spacial score (nSPS) is 16.3. The first-order valence-corrected chi connectivity index (χ1v) is 11.6. The Labute approximate surface area is 179 Å². The third kappa shape index (κ3) is 4.58. The van der Waals surface area contributed by atoms with Gasteiger partial charge in [0.25, 0.3) is 5.91 Å². The predicted octanol–water partition coefficient (Wildman–Crippen LogP) is 3.43. The number of rotatable bonds is 5. The molecule has 1 saturated heterocycles. The van der Waals surface area contributed by atoms with Crippen LogP contribution in [0.25, 0.3) is 0 Å². The summed E-state index contributed by atoms with van der Waals surface area (Å²) in [5.74, 6) is -0.281. The number of ether oxygens (including phenoxy) is 1. The molecule has 1 atom stereocenters. The fourth-order valence-electron chi connectivity index (χ4n) is 3.74. The Balaban J connectivity index is 1.86. The molecule has 1 fully saturated rings. The molecule has 0 radical (unpaired) electrons. The number of nitrogens with one attached hydrogen (secondary N) is 1. The topological polar surface area (TPSA) is 75.7 Å². The van der Waals surface area contributed by atoms with Crippen LogP contribution in [-0.4, -0.2) is 44.9 Å². The number of aryl methyl sites for hydroxylation is 4. The Hall–Kier alpha value is -2.22. The lowest BCUT2D eigenvalue weighted by atomic mass is 9.96. The summed E-state index contributed by atoms with van der Waals surface area (Å²) in [5.41, 5.74) is 5.67. The molecule has 6 nitrogen and oxygen atoms in total. The molecule has 1 N–H and O–H groups in total. The van der Waals surface area contributed by atoms with Gasteiger partial charge in [-0.2, -0.15) is 4.31 Å². The highest BCUT2D eigenvalue weighted by atomic mass is 32.2.